The minimum Gasteiger partial charge on any atom is -0.478 e. The first-order valence-electron chi connectivity index (χ1n) is 11.0. The zero-order valence-electron chi connectivity index (χ0n) is 19.0. The number of carboxylic acid groups (broad SMARTS) is 1. The molecule has 0 spiro atoms. The Hall–Kier alpha value is -4.03. The van der Waals surface area contributed by atoms with Crippen LogP contribution in [0.1, 0.15) is 43.1 Å². The Morgan fingerprint density at radius 3 is 2.27 bits per heavy atom. The summed E-state index contributed by atoms with van der Waals surface area (Å²) >= 11 is 0. The number of carboxylic acids is 1. The van der Waals surface area contributed by atoms with E-state index in [1.54, 1.807) is 0 Å². The average molecular weight is 526 g/mol. The number of halogens is 6. The number of carbonyl (C=O) groups excluding carboxylic acids is 1. The molecule has 0 atom stereocenters. The van der Waals surface area contributed by atoms with Crippen LogP contribution < -0.4 is 10.2 Å². The molecule has 2 aromatic carbocycles. The van der Waals surface area contributed by atoms with Gasteiger partial charge in [0, 0.05) is 19.6 Å². The topological polar surface area (TPSA) is 87.5 Å². The molecule has 2 heterocycles. The van der Waals surface area contributed by atoms with Crippen LogP contribution in [0, 0.1) is 0 Å². The Labute approximate surface area is 206 Å². The highest BCUT2D eigenvalue weighted by Gasteiger charge is 2.44. The van der Waals surface area contributed by atoms with Gasteiger partial charge >= 0.3 is 18.3 Å². The Kier molecular flexibility index (Phi) is 6.89. The van der Waals surface area contributed by atoms with Gasteiger partial charge in [-0.3, -0.25) is 4.79 Å². The lowest BCUT2D eigenvalue weighted by atomic mass is 10.1. The maximum absolute atomic E-state index is 13.7. The lowest BCUT2D eigenvalue weighted by molar-refractivity contribution is -0.142. The van der Waals surface area contributed by atoms with E-state index in [9.17, 15) is 35.9 Å². The van der Waals surface area contributed by atoms with Gasteiger partial charge < -0.3 is 15.3 Å². The van der Waals surface area contributed by atoms with Crippen molar-refractivity contribution in [2.24, 2.45) is 0 Å². The van der Waals surface area contributed by atoms with E-state index in [4.69, 9.17) is 5.11 Å². The van der Waals surface area contributed by atoms with Gasteiger partial charge in [-0.15, -0.1) is 0 Å². The van der Waals surface area contributed by atoms with Gasteiger partial charge in [0.1, 0.15) is 11.4 Å². The number of rotatable bonds is 7. The third-order valence-electron chi connectivity index (χ3n) is 5.83. The third-order valence-corrected chi connectivity index (χ3v) is 5.83. The first kappa shape index (κ1) is 26.0. The van der Waals surface area contributed by atoms with Crippen LogP contribution in [0.5, 0.6) is 0 Å². The SMILES string of the molecule is O=C(O)c1ccc(CCNC(=O)c2c(C(F)(F)F)nn3c2N(Cc2cccc(C(F)(F)F)c2)CC3)cc1. The second-order valence-electron chi connectivity index (χ2n) is 8.40. The molecule has 1 aliphatic rings. The van der Waals surface area contributed by atoms with Gasteiger partial charge in [-0.05, 0) is 41.8 Å². The van der Waals surface area contributed by atoms with Crippen molar-refractivity contribution in [2.45, 2.75) is 31.9 Å². The number of amides is 1. The molecule has 4 rings (SSSR count). The molecule has 196 valence electrons. The van der Waals surface area contributed by atoms with Crippen LogP contribution in [-0.4, -0.2) is 39.9 Å². The van der Waals surface area contributed by atoms with Gasteiger partial charge in [0.05, 0.1) is 17.7 Å². The molecule has 0 fully saturated rings. The first-order chi connectivity index (χ1) is 17.3. The molecule has 0 bridgehead atoms. The quantitative estimate of drug-likeness (QED) is 0.439. The summed E-state index contributed by atoms with van der Waals surface area (Å²) < 4.78 is 81.5. The Morgan fingerprint density at radius 2 is 1.65 bits per heavy atom. The molecular formula is C24H20F6N4O3. The number of carbonyl (C=O) groups is 2. The van der Waals surface area contributed by atoms with Crippen molar-refractivity contribution in [3.05, 3.63) is 82.0 Å². The van der Waals surface area contributed by atoms with Crippen LogP contribution in [0.2, 0.25) is 0 Å². The molecule has 0 aliphatic carbocycles. The number of alkyl halides is 6. The molecule has 7 nitrogen and oxygen atoms in total. The molecule has 37 heavy (non-hydrogen) atoms. The number of nitrogens with one attached hydrogen (secondary N) is 1. The number of anilines is 1. The summed E-state index contributed by atoms with van der Waals surface area (Å²) in [7, 11) is 0. The van der Waals surface area contributed by atoms with Gasteiger partial charge in [0.15, 0.2) is 5.69 Å². The van der Waals surface area contributed by atoms with Crippen LogP contribution >= 0.6 is 0 Å². The van der Waals surface area contributed by atoms with Gasteiger partial charge in [0.25, 0.3) is 5.91 Å². The van der Waals surface area contributed by atoms with Crippen molar-refractivity contribution in [2.75, 3.05) is 18.0 Å². The summed E-state index contributed by atoms with van der Waals surface area (Å²) in [6.45, 7) is -0.00256. The molecule has 13 heteroatoms. The van der Waals surface area contributed by atoms with Crippen molar-refractivity contribution < 1.29 is 41.0 Å². The maximum atomic E-state index is 13.7. The minimum absolute atomic E-state index is 0.0284. The lowest BCUT2D eigenvalue weighted by Gasteiger charge is -2.20. The van der Waals surface area contributed by atoms with Crippen molar-refractivity contribution in [3.63, 3.8) is 0 Å². The van der Waals surface area contributed by atoms with E-state index < -0.39 is 41.0 Å². The number of nitrogens with zero attached hydrogens (tertiary/aromatic N) is 3. The third kappa shape index (κ3) is 5.70. The van der Waals surface area contributed by atoms with Crippen molar-refractivity contribution in [1.29, 1.82) is 0 Å². The van der Waals surface area contributed by atoms with Gasteiger partial charge in [-0.2, -0.15) is 31.4 Å². The minimum atomic E-state index is -4.93. The number of hydrogen-bond donors (Lipinski definition) is 2. The van der Waals surface area contributed by atoms with Crippen LogP contribution in [0.4, 0.5) is 32.2 Å². The molecular weight excluding hydrogens is 506 g/mol. The standard InChI is InChI=1S/C24H20F6N4O3/c25-23(26,27)17-3-1-2-15(12-17)13-33-10-11-34-21(33)18(19(32-34)24(28,29)30)20(35)31-9-8-14-4-6-16(7-5-14)22(36)37/h1-7,12H,8-11,13H2,(H,31,35)(H,36,37). The fourth-order valence-corrected chi connectivity index (χ4v) is 4.10. The smallest absolute Gasteiger partial charge is 0.436 e. The second-order valence-corrected chi connectivity index (χ2v) is 8.40. The fraction of sp³-hybridized carbons (Fsp3) is 0.292. The predicted octanol–water partition coefficient (Wildman–Crippen LogP) is 4.61. The molecule has 0 unspecified atom stereocenters. The molecule has 1 aliphatic heterocycles. The van der Waals surface area contributed by atoms with Crippen LogP contribution in [-0.2, 0) is 31.9 Å². The van der Waals surface area contributed by atoms with Gasteiger partial charge in [-0.25, -0.2) is 9.48 Å². The highest BCUT2D eigenvalue weighted by molar-refractivity contribution is 6.00. The summed E-state index contributed by atoms with van der Waals surface area (Å²) in [5.41, 5.74) is -2.01. The number of aromatic nitrogens is 2. The molecule has 0 radical (unpaired) electrons. The molecule has 1 aromatic heterocycles. The molecule has 0 saturated carbocycles. The fourth-order valence-electron chi connectivity index (χ4n) is 4.10. The van der Waals surface area contributed by atoms with Crippen molar-refractivity contribution in [1.82, 2.24) is 15.1 Å². The van der Waals surface area contributed by atoms with E-state index in [0.29, 0.717) is 5.56 Å². The van der Waals surface area contributed by atoms with E-state index in [2.05, 4.69) is 10.4 Å². The van der Waals surface area contributed by atoms with E-state index >= 15 is 0 Å². The summed E-state index contributed by atoms with van der Waals surface area (Å²) in [6, 6.07) is 10.3. The zero-order chi connectivity index (χ0) is 27.0. The van der Waals surface area contributed by atoms with Crippen LogP contribution in [0.25, 0.3) is 0 Å². The maximum Gasteiger partial charge on any atom is 0.436 e. The highest BCUT2D eigenvalue weighted by Crippen LogP contribution is 2.39. The summed E-state index contributed by atoms with van der Waals surface area (Å²) in [4.78, 5) is 25.3. The first-order valence-corrected chi connectivity index (χ1v) is 11.0. The molecule has 2 N–H and O–H groups in total. The Balaban J connectivity index is 1.55. The monoisotopic (exact) mass is 526 g/mol. The Morgan fingerprint density at radius 1 is 0.946 bits per heavy atom. The van der Waals surface area contributed by atoms with E-state index in [1.165, 1.54) is 41.3 Å². The highest BCUT2D eigenvalue weighted by atomic mass is 19.4. The van der Waals surface area contributed by atoms with Crippen LogP contribution in [0.15, 0.2) is 48.5 Å². The number of fused-ring (bicyclic) bond motifs is 1. The molecule has 0 saturated heterocycles. The zero-order valence-corrected chi connectivity index (χ0v) is 19.0. The largest absolute Gasteiger partial charge is 0.478 e. The summed E-state index contributed by atoms with van der Waals surface area (Å²) in [5.74, 6) is -2.25. The molecule has 1 amide bonds. The summed E-state index contributed by atoms with van der Waals surface area (Å²) in [5, 5.41) is 15.0. The van der Waals surface area contributed by atoms with E-state index in [-0.39, 0.29) is 49.5 Å². The lowest BCUT2D eigenvalue weighted by Crippen LogP contribution is -2.30. The van der Waals surface area contributed by atoms with E-state index in [1.807, 2.05) is 0 Å². The van der Waals surface area contributed by atoms with Gasteiger partial charge in [0.2, 0.25) is 0 Å². The molecule has 3 aromatic rings. The van der Waals surface area contributed by atoms with Crippen molar-refractivity contribution >= 4 is 17.7 Å². The van der Waals surface area contributed by atoms with Gasteiger partial charge in [-0.1, -0.05) is 24.3 Å². The van der Waals surface area contributed by atoms with Crippen LogP contribution in [0.3, 0.4) is 0 Å². The average Bonchev–Trinajstić information content (AvgIpc) is 3.39. The number of benzene rings is 2. The number of aromatic carboxylic acids is 1. The number of hydrogen-bond acceptors (Lipinski definition) is 4. The summed E-state index contributed by atoms with van der Waals surface area (Å²) in [6.07, 6.45) is -9.28. The normalized spacial score (nSPS) is 13.5. The Bertz CT molecular complexity index is 1320. The predicted molar refractivity (Wildman–Crippen MR) is 119 cm³/mol. The van der Waals surface area contributed by atoms with Crippen molar-refractivity contribution in [3.8, 4) is 0 Å². The second kappa shape index (κ2) is 9.79. The van der Waals surface area contributed by atoms with E-state index in [0.717, 1.165) is 16.8 Å².